The molecular formula is C16H21F3N2O. The Kier molecular flexibility index (Phi) is 5.69. The molecule has 0 saturated heterocycles. The Bertz CT molecular complexity index is 476. The fraction of sp³-hybridized carbons (Fsp3) is 0.562. The predicted octanol–water partition coefficient (Wildman–Crippen LogP) is 3.65. The molecule has 2 rings (SSSR count). The van der Waals surface area contributed by atoms with Crippen LogP contribution in [0.3, 0.4) is 0 Å². The lowest BCUT2D eigenvalue weighted by molar-refractivity contribution is -0.183. The van der Waals surface area contributed by atoms with Gasteiger partial charge < -0.3 is 10.6 Å². The van der Waals surface area contributed by atoms with Crippen molar-refractivity contribution in [2.75, 3.05) is 6.54 Å². The molecule has 0 aliphatic heterocycles. The van der Waals surface area contributed by atoms with Crippen LogP contribution in [-0.2, 0) is 6.42 Å². The molecule has 1 aliphatic carbocycles. The first-order valence-electron chi connectivity index (χ1n) is 7.60. The van der Waals surface area contributed by atoms with Gasteiger partial charge in [-0.3, -0.25) is 0 Å². The monoisotopic (exact) mass is 314 g/mol. The number of urea groups is 1. The Hall–Kier alpha value is -1.72. The van der Waals surface area contributed by atoms with E-state index in [9.17, 15) is 18.0 Å². The minimum Gasteiger partial charge on any atom is -0.338 e. The largest absolute Gasteiger partial charge is 0.391 e. The molecule has 1 aromatic carbocycles. The summed E-state index contributed by atoms with van der Waals surface area (Å²) >= 11 is 0. The Balaban J connectivity index is 1.70. The molecule has 2 unspecified atom stereocenters. The number of benzene rings is 1. The third-order valence-electron chi connectivity index (χ3n) is 4.01. The highest BCUT2D eigenvalue weighted by Crippen LogP contribution is 2.37. The van der Waals surface area contributed by atoms with Crippen LogP contribution in [0.1, 0.15) is 31.2 Å². The van der Waals surface area contributed by atoms with Crippen molar-refractivity contribution in [3.63, 3.8) is 0 Å². The van der Waals surface area contributed by atoms with E-state index < -0.39 is 18.1 Å². The quantitative estimate of drug-likeness (QED) is 0.875. The van der Waals surface area contributed by atoms with E-state index >= 15 is 0 Å². The summed E-state index contributed by atoms with van der Waals surface area (Å²) in [6.45, 7) is 0.464. The van der Waals surface area contributed by atoms with Crippen molar-refractivity contribution in [2.45, 2.75) is 44.3 Å². The van der Waals surface area contributed by atoms with Crippen molar-refractivity contribution in [1.29, 1.82) is 0 Å². The van der Waals surface area contributed by atoms with Crippen molar-refractivity contribution >= 4 is 6.03 Å². The molecule has 6 heteroatoms. The smallest absolute Gasteiger partial charge is 0.338 e. The van der Waals surface area contributed by atoms with Gasteiger partial charge in [0.1, 0.15) is 0 Å². The number of halogens is 3. The molecular weight excluding hydrogens is 293 g/mol. The third-order valence-corrected chi connectivity index (χ3v) is 4.01. The zero-order chi connectivity index (χ0) is 16.0. The molecule has 22 heavy (non-hydrogen) atoms. The number of hydrogen-bond acceptors (Lipinski definition) is 1. The second-order valence-corrected chi connectivity index (χ2v) is 5.74. The molecule has 2 atom stereocenters. The number of rotatable bonds is 4. The Labute approximate surface area is 128 Å². The van der Waals surface area contributed by atoms with E-state index in [1.165, 1.54) is 0 Å². The molecule has 2 amide bonds. The lowest BCUT2D eigenvalue weighted by Crippen LogP contribution is -2.46. The van der Waals surface area contributed by atoms with Crippen molar-refractivity contribution < 1.29 is 18.0 Å². The first-order chi connectivity index (χ1) is 10.4. The number of hydrogen-bond donors (Lipinski definition) is 2. The highest BCUT2D eigenvalue weighted by Gasteiger charge is 2.42. The fourth-order valence-electron chi connectivity index (χ4n) is 2.82. The summed E-state index contributed by atoms with van der Waals surface area (Å²) in [5, 5.41) is 5.36. The van der Waals surface area contributed by atoms with Gasteiger partial charge in [-0.1, -0.05) is 36.8 Å². The van der Waals surface area contributed by atoms with E-state index in [4.69, 9.17) is 0 Å². The van der Waals surface area contributed by atoms with Gasteiger partial charge in [0.15, 0.2) is 0 Å². The SMILES string of the molecule is O=C(NCCc1ccccc1)NC1CCCC(C(F)(F)F)C1. The van der Waals surface area contributed by atoms with E-state index in [-0.39, 0.29) is 18.9 Å². The standard InChI is InChI=1S/C16H21F3N2O/c17-16(18,19)13-7-4-8-14(11-13)21-15(22)20-10-9-12-5-2-1-3-6-12/h1-3,5-6,13-14H,4,7-11H2,(H2,20,21,22). The van der Waals surface area contributed by atoms with Gasteiger partial charge in [-0.05, 0) is 31.2 Å². The van der Waals surface area contributed by atoms with Gasteiger partial charge in [-0.15, -0.1) is 0 Å². The summed E-state index contributed by atoms with van der Waals surface area (Å²) in [5.41, 5.74) is 1.11. The number of carbonyl (C=O) groups is 1. The number of amides is 2. The van der Waals surface area contributed by atoms with Gasteiger partial charge in [0.2, 0.25) is 0 Å². The van der Waals surface area contributed by atoms with Gasteiger partial charge >= 0.3 is 12.2 Å². The minimum atomic E-state index is -4.16. The topological polar surface area (TPSA) is 41.1 Å². The molecule has 0 aromatic heterocycles. The predicted molar refractivity (Wildman–Crippen MR) is 78.5 cm³/mol. The lowest BCUT2D eigenvalue weighted by Gasteiger charge is -2.31. The van der Waals surface area contributed by atoms with Crippen LogP contribution >= 0.6 is 0 Å². The molecule has 0 radical (unpaired) electrons. The van der Waals surface area contributed by atoms with Gasteiger partial charge in [0.05, 0.1) is 5.92 Å². The minimum absolute atomic E-state index is 0.0182. The highest BCUT2D eigenvalue weighted by molar-refractivity contribution is 5.74. The molecule has 0 bridgehead atoms. The van der Waals surface area contributed by atoms with Gasteiger partial charge in [-0.2, -0.15) is 13.2 Å². The number of alkyl halides is 3. The summed E-state index contributed by atoms with van der Waals surface area (Å²) < 4.78 is 38.1. The number of carbonyl (C=O) groups excluding carboxylic acids is 1. The van der Waals surface area contributed by atoms with Crippen LogP contribution in [0.25, 0.3) is 0 Å². The summed E-state index contributed by atoms with van der Waals surface area (Å²) in [7, 11) is 0. The molecule has 1 fully saturated rings. The maximum atomic E-state index is 12.7. The average molecular weight is 314 g/mol. The van der Waals surface area contributed by atoms with Crippen LogP contribution in [0.5, 0.6) is 0 Å². The van der Waals surface area contributed by atoms with Gasteiger partial charge in [0.25, 0.3) is 0 Å². The summed E-state index contributed by atoms with van der Waals surface area (Å²) in [4.78, 5) is 11.8. The maximum Gasteiger partial charge on any atom is 0.391 e. The summed E-state index contributed by atoms with van der Waals surface area (Å²) in [5.74, 6) is -1.30. The first-order valence-corrected chi connectivity index (χ1v) is 7.60. The van der Waals surface area contributed by atoms with Crippen LogP contribution in [-0.4, -0.2) is 24.8 Å². The lowest BCUT2D eigenvalue weighted by atomic mass is 9.85. The molecule has 1 saturated carbocycles. The molecule has 1 aliphatic rings. The molecule has 2 N–H and O–H groups in total. The van der Waals surface area contributed by atoms with Crippen LogP contribution in [0.15, 0.2) is 30.3 Å². The van der Waals surface area contributed by atoms with Crippen molar-refractivity contribution in [3.8, 4) is 0 Å². The van der Waals surface area contributed by atoms with Crippen LogP contribution in [0.4, 0.5) is 18.0 Å². The maximum absolute atomic E-state index is 12.7. The molecule has 122 valence electrons. The van der Waals surface area contributed by atoms with Crippen LogP contribution < -0.4 is 10.6 Å². The zero-order valence-electron chi connectivity index (χ0n) is 12.3. The van der Waals surface area contributed by atoms with Crippen molar-refractivity contribution in [1.82, 2.24) is 10.6 Å². The van der Waals surface area contributed by atoms with E-state index in [0.29, 0.717) is 25.8 Å². The van der Waals surface area contributed by atoms with E-state index in [1.54, 1.807) is 0 Å². The third kappa shape index (κ3) is 5.24. The van der Waals surface area contributed by atoms with Crippen molar-refractivity contribution in [3.05, 3.63) is 35.9 Å². The van der Waals surface area contributed by atoms with Gasteiger partial charge in [-0.25, -0.2) is 4.79 Å². The molecule has 1 aromatic rings. The Morgan fingerprint density at radius 2 is 1.91 bits per heavy atom. The highest BCUT2D eigenvalue weighted by atomic mass is 19.4. The second kappa shape index (κ2) is 7.51. The zero-order valence-corrected chi connectivity index (χ0v) is 12.3. The van der Waals surface area contributed by atoms with E-state index in [0.717, 1.165) is 5.56 Å². The average Bonchev–Trinajstić information content (AvgIpc) is 2.48. The summed E-state index contributed by atoms with van der Waals surface area (Å²) in [6, 6.07) is 8.93. The summed E-state index contributed by atoms with van der Waals surface area (Å²) in [6.07, 6.45) is -2.21. The fourth-order valence-corrected chi connectivity index (χ4v) is 2.82. The van der Waals surface area contributed by atoms with E-state index in [2.05, 4.69) is 10.6 Å². The molecule has 0 spiro atoms. The van der Waals surface area contributed by atoms with Crippen molar-refractivity contribution in [2.24, 2.45) is 5.92 Å². The first kappa shape index (κ1) is 16.6. The molecule has 3 nitrogen and oxygen atoms in total. The van der Waals surface area contributed by atoms with Crippen LogP contribution in [0, 0.1) is 5.92 Å². The Morgan fingerprint density at radius 3 is 2.59 bits per heavy atom. The normalized spacial score (nSPS) is 22.1. The second-order valence-electron chi connectivity index (χ2n) is 5.74. The number of nitrogens with one attached hydrogen (secondary N) is 2. The van der Waals surface area contributed by atoms with Crippen LogP contribution in [0.2, 0.25) is 0 Å². The van der Waals surface area contributed by atoms with Gasteiger partial charge in [0, 0.05) is 12.6 Å². The van der Waals surface area contributed by atoms with E-state index in [1.807, 2.05) is 30.3 Å². The Morgan fingerprint density at radius 1 is 1.18 bits per heavy atom. The molecule has 0 heterocycles.